The Kier molecular flexibility index (Phi) is 23.7. The number of benzene rings is 1. The van der Waals surface area contributed by atoms with E-state index >= 15 is 0 Å². The highest BCUT2D eigenvalue weighted by molar-refractivity contribution is 8.00. The van der Waals surface area contributed by atoms with Crippen molar-refractivity contribution >= 4 is 52.9 Å². The average molecular weight is 957 g/mol. The molecule has 0 aromatic heterocycles. The van der Waals surface area contributed by atoms with Crippen LogP contribution in [0.25, 0.3) is 0 Å². The van der Waals surface area contributed by atoms with Gasteiger partial charge in [0.25, 0.3) is 0 Å². The predicted octanol–water partition coefficient (Wildman–Crippen LogP) is 7.00. The Bertz CT molecular complexity index is 1800. The number of amides is 5. The molecule has 2 fully saturated rings. The Hall–Kier alpha value is -3.66. The van der Waals surface area contributed by atoms with Gasteiger partial charge in [-0.1, -0.05) is 98.6 Å². The van der Waals surface area contributed by atoms with Crippen LogP contribution in [0.2, 0.25) is 0 Å². The van der Waals surface area contributed by atoms with Crippen molar-refractivity contribution < 1.29 is 48.1 Å². The largest absolute Gasteiger partial charge is 0.388 e. The quantitative estimate of drug-likeness (QED) is 0.0648. The van der Waals surface area contributed by atoms with E-state index in [1.807, 2.05) is 92.0 Å². The average Bonchev–Trinajstić information content (AvgIpc) is 3.90. The van der Waals surface area contributed by atoms with E-state index < -0.39 is 42.2 Å². The molecule has 2 heterocycles. The molecule has 2 aliphatic heterocycles. The lowest BCUT2D eigenvalue weighted by Crippen LogP contribution is -2.54. The molecule has 1 N–H and O–H groups in total. The lowest BCUT2D eigenvalue weighted by atomic mass is 9.83. The topological polar surface area (TPSA) is 171 Å². The fourth-order valence-electron chi connectivity index (χ4n) is 10.3. The highest BCUT2D eigenvalue weighted by Crippen LogP contribution is 2.33. The van der Waals surface area contributed by atoms with E-state index in [1.165, 1.54) is 21.6 Å². The van der Waals surface area contributed by atoms with Crippen molar-refractivity contribution in [3.05, 3.63) is 35.9 Å². The minimum absolute atomic E-state index is 0.000711. The van der Waals surface area contributed by atoms with Crippen LogP contribution in [0.4, 0.5) is 0 Å². The smallest absolute Gasteiger partial charge is 0.242 e. The van der Waals surface area contributed by atoms with Gasteiger partial charge in [0.2, 0.25) is 29.5 Å². The first-order valence-corrected chi connectivity index (χ1v) is 26.0. The summed E-state index contributed by atoms with van der Waals surface area (Å²) in [4.78, 5) is 102. The Balaban J connectivity index is 1.69. The highest BCUT2D eigenvalue weighted by Gasteiger charge is 2.44. The van der Waals surface area contributed by atoms with Crippen LogP contribution < -0.4 is 0 Å². The molecule has 0 spiro atoms. The predicted molar refractivity (Wildman–Crippen MR) is 263 cm³/mol. The molecule has 5 amide bonds. The number of hydrogen-bond acceptors (Lipinski definition) is 11. The first-order valence-electron chi connectivity index (χ1n) is 24.7. The van der Waals surface area contributed by atoms with E-state index in [0.717, 1.165) is 12.0 Å². The summed E-state index contributed by atoms with van der Waals surface area (Å²) in [5, 5.41) is 10.6. The van der Waals surface area contributed by atoms with Crippen LogP contribution in [-0.2, 0) is 43.0 Å². The second-order valence-electron chi connectivity index (χ2n) is 19.9. The molecule has 378 valence electrons. The number of carbonyl (C=O) groups is 7. The minimum Gasteiger partial charge on any atom is -0.388 e. The molecule has 15 heteroatoms. The fourth-order valence-corrected chi connectivity index (χ4v) is 10.9. The summed E-state index contributed by atoms with van der Waals surface area (Å²) in [6.07, 6.45) is 4.26. The van der Waals surface area contributed by atoms with Gasteiger partial charge >= 0.3 is 0 Å². The van der Waals surface area contributed by atoms with Crippen molar-refractivity contribution in [3.63, 3.8) is 0 Å². The van der Waals surface area contributed by atoms with Gasteiger partial charge in [-0.15, -0.1) is 0 Å². The van der Waals surface area contributed by atoms with Gasteiger partial charge in [-0.2, -0.15) is 11.8 Å². The molecule has 2 aliphatic rings. The Morgan fingerprint density at radius 3 is 2.04 bits per heavy atom. The monoisotopic (exact) mass is 957 g/mol. The van der Waals surface area contributed by atoms with Crippen molar-refractivity contribution in [1.29, 1.82) is 0 Å². The van der Waals surface area contributed by atoms with Crippen molar-refractivity contribution in [2.24, 2.45) is 35.5 Å². The molecule has 0 radical (unpaired) electrons. The third-order valence-corrected chi connectivity index (χ3v) is 15.6. The third kappa shape index (κ3) is 15.2. The van der Waals surface area contributed by atoms with Gasteiger partial charge in [-0.3, -0.25) is 38.5 Å². The molecule has 3 rings (SSSR count). The number of rotatable bonds is 29. The number of unbranched alkanes of at least 4 members (excludes halogenated alkanes) is 2. The number of likely N-dealkylation sites (N-methyl/N-ethyl adjacent to an activating group) is 2. The van der Waals surface area contributed by atoms with Crippen molar-refractivity contribution in [2.75, 3.05) is 47.7 Å². The van der Waals surface area contributed by atoms with E-state index in [-0.39, 0.29) is 108 Å². The molecule has 1 aromatic carbocycles. The molecular weight excluding hydrogens is 873 g/mol. The van der Waals surface area contributed by atoms with Gasteiger partial charge in [-0.25, -0.2) is 0 Å². The summed E-state index contributed by atoms with van der Waals surface area (Å²) in [6.45, 7) is 16.2. The van der Waals surface area contributed by atoms with E-state index in [4.69, 9.17) is 9.47 Å². The summed E-state index contributed by atoms with van der Waals surface area (Å²) in [5.74, 6) is -3.11. The van der Waals surface area contributed by atoms with Crippen LogP contribution in [0.3, 0.4) is 0 Å². The summed E-state index contributed by atoms with van der Waals surface area (Å²) < 4.78 is 12.1. The van der Waals surface area contributed by atoms with Crippen molar-refractivity contribution in [3.8, 4) is 0 Å². The molecule has 67 heavy (non-hydrogen) atoms. The number of likely N-dealkylation sites (tertiary alicyclic amines) is 2. The van der Waals surface area contributed by atoms with E-state index in [2.05, 4.69) is 0 Å². The summed E-state index contributed by atoms with van der Waals surface area (Å²) in [6, 6.07) is 7.71. The van der Waals surface area contributed by atoms with Crippen LogP contribution in [0.15, 0.2) is 30.3 Å². The van der Waals surface area contributed by atoms with Gasteiger partial charge in [0.05, 0.1) is 48.1 Å². The number of carbonyl (C=O) groups excluding carboxylic acids is 7. The number of imide groups is 1. The van der Waals surface area contributed by atoms with Gasteiger partial charge in [0, 0.05) is 78.9 Å². The standard InChI is InChI=1S/C52H84N4O10S/c1-14-34(6)48(42(65-11)30-45(60)55-27-21-24-39(55)50(66-12)36(8)40(57)28-35(7)49(62)37-22-17-15-18-23-37)54(10)51(63)38(32(2)3)29-41(58)47(33(4)5)53(9)44(59)25-19-16-20-26-56-46(61)31-43(67-13)52(56)64/h15,17-18,22-23,32-36,38-39,42-43,47-50,62H,14,16,19-21,24-31H2,1-13H3/t34-,35-,36-,38-,39-,42+,43?,47-,48?,49+,50+/m0/s1. The van der Waals surface area contributed by atoms with Gasteiger partial charge in [0.15, 0.2) is 5.78 Å². The van der Waals surface area contributed by atoms with Crippen LogP contribution in [0.5, 0.6) is 0 Å². The molecule has 11 atom stereocenters. The van der Waals surface area contributed by atoms with E-state index in [1.54, 1.807) is 38.1 Å². The third-order valence-electron chi connectivity index (χ3n) is 14.6. The number of aliphatic hydroxyl groups excluding tert-OH is 1. The second kappa shape index (κ2) is 27.5. The van der Waals surface area contributed by atoms with Crippen LogP contribution in [0.1, 0.15) is 138 Å². The Morgan fingerprint density at radius 1 is 0.836 bits per heavy atom. The second-order valence-corrected chi connectivity index (χ2v) is 21.0. The highest BCUT2D eigenvalue weighted by atomic mass is 32.2. The molecule has 14 nitrogen and oxygen atoms in total. The SMILES string of the molecule is CC[C@H](C)C([C@@H](CC(=O)N1CCC[C@H]1[C@H](OC)[C@@H](C)C(=O)C[C@H](C)[C@@H](O)c1ccccc1)OC)N(C)C(=O)[C@@H](CC(=O)[C@H](C(C)C)N(C)C(=O)CCCCCN1C(=O)CC(SC)C1=O)C(C)C. The van der Waals surface area contributed by atoms with Crippen LogP contribution in [-0.4, -0.2) is 149 Å². The number of aliphatic hydroxyl groups is 1. The van der Waals surface area contributed by atoms with Crippen LogP contribution >= 0.6 is 11.8 Å². The fraction of sp³-hybridized carbons (Fsp3) is 0.750. The summed E-state index contributed by atoms with van der Waals surface area (Å²) in [5.41, 5.74) is 0.755. The van der Waals surface area contributed by atoms with Crippen LogP contribution in [0, 0.1) is 35.5 Å². The lowest BCUT2D eigenvalue weighted by molar-refractivity contribution is -0.149. The maximum Gasteiger partial charge on any atom is 0.242 e. The lowest BCUT2D eigenvalue weighted by Gasteiger charge is -2.41. The summed E-state index contributed by atoms with van der Waals surface area (Å²) >= 11 is 1.38. The number of Topliss-reactive ketones (excluding diaryl/α,β-unsaturated/α-hetero) is 2. The zero-order chi connectivity index (χ0) is 50.3. The zero-order valence-corrected chi connectivity index (χ0v) is 43.7. The molecule has 0 aliphatic carbocycles. The Morgan fingerprint density at radius 2 is 1.49 bits per heavy atom. The number of ketones is 2. The molecule has 1 aromatic rings. The minimum atomic E-state index is -0.792. The number of nitrogens with zero attached hydrogens (tertiary/aromatic N) is 4. The first kappa shape index (κ1) is 57.7. The zero-order valence-electron chi connectivity index (χ0n) is 42.9. The van der Waals surface area contributed by atoms with E-state index in [9.17, 15) is 38.7 Å². The molecule has 2 unspecified atom stereocenters. The van der Waals surface area contributed by atoms with Crippen molar-refractivity contribution in [1.82, 2.24) is 19.6 Å². The molecule has 0 saturated carbocycles. The van der Waals surface area contributed by atoms with Crippen molar-refractivity contribution in [2.45, 2.75) is 168 Å². The molecular formula is C52H84N4O10S. The Labute approximate surface area is 406 Å². The maximum absolute atomic E-state index is 14.7. The first-order chi connectivity index (χ1) is 31.7. The number of ether oxygens (including phenoxy) is 2. The summed E-state index contributed by atoms with van der Waals surface area (Å²) in [7, 11) is 6.49. The number of thioether (sulfide) groups is 1. The normalized spacial score (nSPS) is 20.6. The van der Waals surface area contributed by atoms with Gasteiger partial charge in [0.1, 0.15) is 5.78 Å². The molecule has 0 bridgehead atoms. The molecule has 2 saturated heterocycles. The number of hydrogen-bond donors (Lipinski definition) is 1. The van der Waals surface area contributed by atoms with Gasteiger partial charge < -0.3 is 29.3 Å². The van der Waals surface area contributed by atoms with E-state index in [0.29, 0.717) is 45.2 Å². The number of methoxy groups -OCH3 is 2. The maximum atomic E-state index is 14.7. The van der Waals surface area contributed by atoms with Gasteiger partial charge in [-0.05, 0) is 61.2 Å².